The SMILES string of the molecule is COc1ccccc1[C@H](Nc1ccccc1C)c1c(C)[nH]c2ccccc12. The number of rotatable bonds is 5. The van der Waals surface area contributed by atoms with Crippen molar-refractivity contribution in [3.05, 3.63) is 95.2 Å². The third kappa shape index (κ3) is 3.17. The lowest BCUT2D eigenvalue weighted by Crippen LogP contribution is -2.15. The Balaban J connectivity index is 1.93. The molecule has 0 spiro atoms. The molecule has 3 nitrogen and oxygen atoms in total. The Hall–Kier alpha value is -3.20. The molecular formula is C24H24N2O. The standard InChI is InChI=1S/C24H24N2O/c1-16-10-4-7-13-20(16)26-24(19-12-6-9-15-22(19)27-3)23-17(2)25-21-14-8-5-11-18(21)23/h4-15,24-26H,1-3H3/t24-/m0/s1. The van der Waals surface area contributed by atoms with Crippen LogP contribution in [-0.4, -0.2) is 12.1 Å². The number of nitrogens with one attached hydrogen (secondary N) is 2. The fraction of sp³-hybridized carbons (Fsp3) is 0.167. The zero-order valence-electron chi connectivity index (χ0n) is 15.9. The highest BCUT2D eigenvalue weighted by Gasteiger charge is 2.24. The molecule has 136 valence electrons. The molecule has 4 rings (SSSR count). The normalized spacial score (nSPS) is 12.1. The first-order valence-electron chi connectivity index (χ1n) is 9.21. The highest BCUT2D eigenvalue weighted by molar-refractivity contribution is 5.86. The Bertz CT molecular complexity index is 1080. The van der Waals surface area contributed by atoms with Crippen LogP contribution < -0.4 is 10.1 Å². The van der Waals surface area contributed by atoms with Crippen molar-refractivity contribution in [1.29, 1.82) is 0 Å². The zero-order chi connectivity index (χ0) is 18.8. The minimum absolute atomic E-state index is 0.0293. The second kappa shape index (κ2) is 7.20. The van der Waals surface area contributed by atoms with E-state index < -0.39 is 0 Å². The summed E-state index contributed by atoms with van der Waals surface area (Å²) in [7, 11) is 1.73. The van der Waals surface area contributed by atoms with E-state index in [0.29, 0.717) is 0 Å². The summed E-state index contributed by atoms with van der Waals surface area (Å²) in [5.41, 5.74) is 7.02. The van der Waals surface area contributed by atoms with Gasteiger partial charge in [0.2, 0.25) is 0 Å². The summed E-state index contributed by atoms with van der Waals surface area (Å²) in [4.78, 5) is 3.53. The van der Waals surface area contributed by atoms with Gasteiger partial charge >= 0.3 is 0 Å². The van der Waals surface area contributed by atoms with Gasteiger partial charge in [-0.1, -0.05) is 54.6 Å². The van der Waals surface area contributed by atoms with Crippen molar-refractivity contribution in [3.63, 3.8) is 0 Å². The Morgan fingerprint density at radius 1 is 0.852 bits per heavy atom. The van der Waals surface area contributed by atoms with Gasteiger partial charge in [0.15, 0.2) is 0 Å². The molecule has 0 amide bonds. The molecule has 0 saturated carbocycles. The number of para-hydroxylation sites is 3. The van der Waals surface area contributed by atoms with Gasteiger partial charge in [-0.05, 0) is 37.6 Å². The molecule has 0 saturated heterocycles. The molecule has 4 aromatic rings. The number of hydrogen-bond donors (Lipinski definition) is 2. The fourth-order valence-electron chi connectivity index (χ4n) is 3.77. The molecule has 2 N–H and O–H groups in total. The molecule has 1 heterocycles. The number of aromatic nitrogens is 1. The predicted molar refractivity (Wildman–Crippen MR) is 113 cm³/mol. The molecule has 1 atom stereocenters. The average molecular weight is 356 g/mol. The summed E-state index contributed by atoms with van der Waals surface area (Å²) in [6, 6.07) is 25.0. The second-order valence-corrected chi connectivity index (χ2v) is 6.84. The second-order valence-electron chi connectivity index (χ2n) is 6.84. The molecule has 0 aliphatic carbocycles. The summed E-state index contributed by atoms with van der Waals surface area (Å²) in [5.74, 6) is 0.883. The van der Waals surface area contributed by atoms with Crippen LogP contribution in [-0.2, 0) is 0 Å². The van der Waals surface area contributed by atoms with Crippen LogP contribution in [0, 0.1) is 13.8 Å². The Labute approximate surface area is 160 Å². The quantitative estimate of drug-likeness (QED) is 0.460. The van der Waals surface area contributed by atoms with Crippen molar-refractivity contribution in [2.45, 2.75) is 19.9 Å². The van der Waals surface area contributed by atoms with Gasteiger partial charge in [-0.3, -0.25) is 0 Å². The van der Waals surface area contributed by atoms with E-state index in [1.165, 1.54) is 16.5 Å². The number of aryl methyl sites for hydroxylation is 2. The highest BCUT2D eigenvalue weighted by atomic mass is 16.5. The number of benzene rings is 3. The molecule has 3 aromatic carbocycles. The third-order valence-corrected chi connectivity index (χ3v) is 5.13. The lowest BCUT2D eigenvalue weighted by Gasteiger charge is -2.24. The van der Waals surface area contributed by atoms with Crippen LogP contribution in [0.4, 0.5) is 5.69 Å². The van der Waals surface area contributed by atoms with Gasteiger partial charge < -0.3 is 15.0 Å². The van der Waals surface area contributed by atoms with Gasteiger partial charge in [0.1, 0.15) is 5.75 Å². The number of ether oxygens (including phenoxy) is 1. The van der Waals surface area contributed by atoms with Crippen LogP contribution in [0.3, 0.4) is 0 Å². The molecule has 0 bridgehead atoms. The van der Waals surface area contributed by atoms with E-state index in [-0.39, 0.29) is 6.04 Å². The number of anilines is 1. The number of aromatic amines is 1. The van der Waals surface area contributed by atoms with E-state index in [1.54, 1.807) is 7.11 Å². The fourth-order valence-corrected chi connectivity index (χ4v) is 3.77. The maximum Gasteiger partial charge on any atom is 0.124 e. The van der Waals surface area contributed by atoms with Gasteiger partial charge in [-0.15, -0.1) is 0 Å². The number of fused-ring (bicyclic) bond motifs is 1. The van der Waals surface area contributed by atoms with Crippen molar-refractivity contribution in [2.75, 3.05) is 12.4 Å². The minimum Gasteiger partial charge on any atom is -0.496 e. The highest BCUT2D eigenvalue weighted by Crippen LogP contribution is 2.38. The summed E-state index contributed by atoms with van der Waals surface area (Å²) >= 11 is 0. The summed E-state index contributed by atoms with van der Waals surface area (Å²) in [6.07, 6.45) is 0. The molecule has 0 radical (unpaired) electrons. The van der Waals surface area contributed by atoms with E-state index in [4.69, 9.17) is 4.74 Å². The lowest BCUT2D eigenvalue weighted by atomic mass is 9.94. The first-order chi connectivity index (χ1) is 13.2. The summed E-state index contributed by atoms with van der Waals surface area (Å²) in [5, 5.41) is 5.00. The van der Waals surface area contributed by atoms with Crippen molar-refractivity contribution in [2.24, 2.45) is 0 Å². The monoisotopic (exact) mass is 356 g/mol. The molecule has 0 aliphatic rings. The maximum absolute atomic E-state index is 5.69. The average Bonchev–Trinajstić information content (AvgIpc) is 3.03. The lowest BCUT2D eigenvalue weighted by molar-refractivity contribution is 0.408. The number of hydrogen-bond acceptors (Lipinski definition) is 2. The minimum atomic E-state index is -0.0293. The zero-order valence-corrected chi connectivity index (χ0v) is 15.9. The van der Waals surface area contributed by atoms with Crippen molar-refractivity contribution >= 4 is 16.6 Å². The molecule has 1 aromatic heterocycles. The molecule has 0 fully saturated rings. The van der Waals surface area contributed by atoms with Crippen molar-refractivity contribution < 1.29 is 4.74 Å². The topological polar surface area (TPSA) is 37.0 Å². The van der Waals surface area contributed by atoms with Crippen LogP contribution in [0.15, 0.2) is 72.8 Å². The molecule has 3 heteroatoms. The van der Waals surface area contributed by atoms with Gasteiger partial charge in [-0.2, -0.15) is 0 Å². The van der Waals surface area contributed by atoms with E-state index in [2.05, 4.69) is 84.8 Å². The van der Waals surface area contributed by atoms with Crippen LogP contribution >= 0.6 is 0 Å². The Kier molecular flexibility index (Phi) is 4.59. The maximum atomic E-state index is 5.69. The van der Waals surface area contributed by atoms with Crippen LogP contribution in [0.25, 0.3) is 10.9 Å². The molecule has 0 unspecified atom stereocenters. The van der Waals surface area contributed by atoms with E-state index in [0.717, 1.165) is 28.2 Å². The third-order valence-electron chi connectivity index (χ3n) is 5.13. The van der Waals surface area contributed by atoms with Crippen molar-refractivity contribution in [1.82, 2.24) is 4.98 Å². The predicted octanol–water partition coefficient (Wildman–Crippen LogP) is 5.99. The van der Waals surface area contributed by atoms with Gasteiger partial charge in [0.25, 0.3) is 0 Å². The van der Waals surface area contributed by atoms with Gasteiger partial charge in [-0.25, -0.2) is 0 Å². The van der Waals surface area contributed by atoms with E-state index in [1.807, 2.05) is 12.1 Å². The molecular weight excluding hydrogens is 332 g/mol. The largest absolute Gasteiger partial charge is 0.496 e. The van der Waals surface area contributed by atoms with Gasteiger partial charge in [0.05, 0.1) is 13.2 Å². The van der Waals surface area contributed by atoms with Crippen molar-refractivity contribution in [3.8, 4) is 5.75 Å². The molecule has 0 aliphatic heterocycles. The summed E-state index contributed by atoms with van der Waals surface area (Å²) < 4.78 is 5.69. The van der Waals surface area contributed by atoms with Crippen LogP contribution in [0.1, 0.15) is 28.4 Å². The van der Waals surface area contributed by atoms with Crippen LogP contribution in [0.5, 0.6) is 5.75 Å². The van der Waals surface area contributed by atoms with E-state index >= 15 is 0 Å². The van der Waals surface area contributed by atoms with Crippen LogP contribution in [0.2, 0.25) is 0 Å². The Morgan fingerprint density at radius 3 is 2.37 bits per heavy atom. The Morgan fingerprint density at radius 2 is 1.56 bits per heavy atom. The first-order valence-corrected chi connectivity index (χ1v) is 9.21. The smallest absolute Gasteiger partial charge is 0.124 e. The number of methoxy groups -OCH3 is 1. The number of H-pyrrole nitrogens is 1. The van der Waals surface area contributed by atoms with E-state index in [9.17, 15) is 0 Å². The first kappa shape index (κ1) is 17.2. The summed E-state index contributed by atoms with van der Waals surface area (Å²) in [6.45, 7) is 4.26. The van der Waals surface area contributed by atoms with Gasteiger partial charge in [0, 0.05) is 33.4 Å². The molecule has 27 heavy (non-hydrogen) atoms.